The number of hydrogen-bond donors (Lipinski definition) is 2. The van der Waals surface area contributed by atoms with Crippen LogP contribution in [0.2, 0.25) is 0 Å². The molecule has 0 saturated carbocycles. The van der Waals surface area contributed by atoms with Crippen molar-refractivity contribution < 1.29 is 23.1 Å². The van der Waals surface area contributed by atoms with E-state index >= 15 is 0 Å². The summed E-state index contributed by atoms with van der Waals surface area (Å²) >= 11 is 0. The van der Waals surface area contributed by atoms with Gasteiger partial charge in [0.15, 0.2) is 0 Å². The zero-order valence-corrected chi connectivity index (χ0v) is 9.03. The Hall–Kier alpha value is -2.07. The molecule has 1 rings (SSSR count). The number of alkyl halides is 3. The van der Waals surface area contributed by atoms with Gasteiger partial charge < -0.3 is 10.4 Å². The van der Waals surface area contributed by atoms with Gasteiger partial charge in [0.1, 0.15) is 0 Å². The summed E-state index contributed by atoms with van der Waals surface area (Å²) in [5.74, 6) is -2.09. The zero-order chi connectivity index (χ0) is 13.8. The topological polar surface area (TPSA) is 73.1 Å². The number of nitriles is 1. The van der Waals surface area contributed by atoms with Gasteiger partial charge in [-0.25, -0.2) is 0 Å². The number of carbonyl (C=O) groups excluding carboxylic acids is 1. The first-order chi connectivity index (χ1) is 8.34. The van der Waals surface area contributed by atoms with Crippen molar-refractivity contribution in [2.45, 2.75) is 18.7 Å². The molecule has 0 aliphatic heterocycles. The SMILES string of the molecule is N#CC1=CC=C(NC(=O)C(F)(F)F)C=CC[C@@H]1O. The summed E-state index contributed by atoms with van der Waals surface area (Å²) in [6.07, 6.45) is -0.991. The fourth-order valence-corrected chi connectivity index (χ4v) is 1.19. The maximum Gasteiger partial charge on any atom is 0.471 e. The van der Waals surface area contributed by atoms with E-state index in [-0.39, 0.29) is 17.7 Å². The van der Waals surface area contributed by atoms with Crippen molar-refractivity contribution >= 4 is 5.91 Å². The lowest BCUT2D eigenvalue weighted by Crippen LogP contribution is -2.35. The van der Waals surface area contributed by atoms with Crippen molar-refractivity contribution in [3.63, 3.8) is 0 Å². The zero-order valence-electron chi connectivity index (χ0n) is 9.03. The Balaban J connectivity index is 2.90. The number of allylic oxidation sites excluding steroid dienone is 3. The number of carbonyl (C=O) groups is 1. The highest BCUT2D eigenvalue weighted by molar-refractivity contribution is 5.83. The Morgan fingerprint density at radius 2 is 2.17 bits per heavy atom. The number of hydrogen-bond acceptors (Lipinski definition) is 3. The molecule has 1 atom stereocenters. The number of aliphatic hydroxyl groups excluding tert-OH is 1. The summed E-state index contributed by atoms with van der Waals surface area (Å²) < 4.78 is 36.1. The lowest BCUT2D eigenvalue weighted by Gasteiger charge is -2.11. The van der Waals surface area contributed by atoms with E-state index in [0.29, 0.717) is 0 Å². The fraction of sp³-hybridized carbons (Fsp3) is 0.273. The fourth-order valence-electron chi connectivity index (χ4n) is 1.19. The van der Waals surface area contributed by atoms with Gasteiger partial charge in [-0.2, -0.15) is 18.4 Å². The van der Waals surface area contributed by atoms with Crippen molar-refractivity contribution in [3.05, 3.63) is 35.6 Å². The van der Waals surface area contributed by atoms with Gasteiger partial charge in [0.05, 0.1) is 17.7 Å². The molecule has 2 N–H and O–H groups in total. The van der Waals surface area contributed by atoms with Gasteiger partial charge in [0, 0.05) is 5.70 Å². The molecule has 1 aliphatic rings. The summed E-state index contributed by atoms with van der Waals surface area (Å²) in [6.45, 7) is 0. The molecule has 4 nitrogen and oxygen atoms in total. The molecule has 18 heavy (non-hydrogen) atoms. The van der Waals surface area contributed by atoms with E-state index in [1.807, 2.05) is 0 Å². The van der Waals surface area contributed by atoms with Crippen LogP contribution in [0.25, 0.3) is 0 Å². The van der Waals surface area contributed by atoms with Gasteiger partial charge in [-0.15, -0.1) is 0 Å². The van der Waals surface area contributed by atoms with Crippen LogP contribution < -0.4 is 5.32 Å². The second-order valence-electron chi connectivity index (χ2n) is 3.46. The Kier molecular flexibility index (Phi) is 4.28. The molecular weight excluding hydrogens is 249 g/mol. The second kappa shape index (κ2) is 5.51. The highest BCUT2D eigenvalue weighted by Gasteiger charge is 2.38. The third-order valence-electron chi connectivity index (χ3n) is 2.10. The lowest BCUT2D eigenvalue weighted by atomic mass is 10.0. The molecule has 0 saturated heterocycles. The highest BCUT2D eigenvalue weighted by Crippen LogP contribution is 2.16. The molecule has 0 aromatic heterocycles. The molecule has 0 fully saturated rings. The van der Waals surface area contributed by atoms with Crippen LogP contribution in [0.3, 0.4) is 0 Å². The van der Waals surface area contributed by atoms with E-state index in [0.717, 1.165) is 6.08 Å². The monoisotopic (exact) mass is 258 g/mol. The molecule has 0 unspecified atom stereocenters. The average Bonchev–Trinajstić information content (AvgIpc) is 2.25. The number of aliphatic hydroxyl groups is 1. The molecule has 0 radical (unpaired) electrons. The normalized spacial score (nSPS) is 20.1. The molecule has 0 spiro atoms. The maximum absolute atomic E-state index is 12.0. The van der Waals surface area contributed by atoms with Gasteiger partial charge in [-0.1, -0.05) is 6.08 Å². The number of rotatable bonds is 1. The molecule has 0 aromatic rings. The van der Waals surface area contributed by atoms with E-state index in [9.17, 15) is 23.1 Å². The third kappa shape index (κ3) is 3.75. The number of nitrogens with zero attached hydrogens (tertiary/aromatic N) is 1. The minimum Gasteiger partial charge on any atom is -0.387 e. The van der Waals surface area contributed by atoms with Gasteiger partial charge in [0.25, 0.3) is 0 Å². The predicted octanol–water partition coefficient (Wildman–Crippen LogP) is 1.32. The van der Waals surface area contributed by atoms with Gasteiger partial charge in [-0.05, 0) is 24.6 Å². The van der Waals surface area contributed by atoms with Crippen molar-refractivity contribution in [2.24, 2.45) is 0 Å². The van der Waals surface area contributed by atoms with Crippen molar-refractivity contribution in [2.75, 3.05) is 0 Å². The standard InChI is InChI=1S/C11H9F3N2O2/c12-11(13,14)10(18)16-8-2-1-3-9(17)7(6-15)4-5-8/h1-2,4-5,9,17H,3H2,(H,16,18)/t9-/m0/s1. The summed E-state index contributed by atoms with van der Waals surface area (Å²) in [5.41, 5.74) is -0.0879. The first-order valence-electron chi connectivity index (χ1n) is 4.89. The molecular formula is C11H9F3N2O2. The van der Waals surface area contributed by atoms with Crippen LogP contribution in [0.4, 0.5) is 13.2 Å². The summed E-state index contributed by atoms with van der Waals surface area (Å²) in [7, 11) is 0. The van der Waals surface area contributed by atoms with Crippen molar-refractivity contribution in [1.82, 2.24) is 5.32 Å². The average molecular weight is 258 g/mol. The van der Waals surface area contributed by atoms with Crippen LogP contribution in [0, 0.1) is 11.3 Å². The van der Waals surface area contributed by atoms with Gasteiger partial charge in [-0.3, -0.25) is 4.79 Å². The minimum atomic E-state index is -4.97. The van der Waals surface area contributed by atoms with Crippen LogP contribution in [0.5, 0.6) is 0 Å². The summed E-state index contributed by atoms with van der Waals surface area (Å²) in [4.78, 5) is 10.7. The molecule has 96 valence electrons. The van der Waals surface area contributed by atoms with Crippen LogP contribution >= 0.6 is 0 Å². The summed E-state index contributed by atoms with van der Waals surface area (Å²) in [5, 5.41) is 19.8. The van der Waals surface area contributed by atoms with E-state index in [1.54, 1.807) is 11.4 Å². The number of halogens is 3. The first-order valence-corrected chi connectivity index (χ1v) is 4.89. The summed E-state index contributed by atoms with van der Waals surface area (Å²) in [6, 6.07) is 1.72. The molecule has 0 bridgehead atoms. The van der Waals surface area contributed by atoms with Gasteiger partial charge >= 0.3 is 12.1 Å². The smallest absolute Gasteiger partial charge is 0.387 e. The van der Waals surface area contributed by atoms with E-state index in [4.69, 9.17) is 5.26 Å². The predicted molar refractivity (Wildman–Crippen MR) is 55.7 cm³/mol. The minimum absolute atomic E-state index is 0.0121. The molecule has 1 amide bonds. The Labute approximate surface area is 101 Å². The third-order valence-corrected chi connectivity index (χ3v) is 2.10. The molecule has 1 aliphatic carbocycles. The quantitative estimate of drug-likeness (QED) is 0.745. The van der Waals surface area contributed by atoms with Crippen LogP contribution in [-0.2, 0) is 4.79 Å². The molecule has 0 aromatic carbocycles. The lowest BCUT2D eigenvalue weighted by molar-refractivity contribution is -0.172. The van der Waals surface area contributed by atoms with E-state index in [2.05, 4.69) is 0 Å². The Morgan fingerprint density at radius 3 is 2.72 bits per heavy atom. The largest absolute Gasteiger partial charge is 0.471 e. The van der Waals surface area contributed by atoms with Crippen molar-refractivity contribution in [1.29, 1.82) is 5.26 Å². The highest BCUT2D eigenvalue weighted by atomic mass is 19.4. The molecule has 0 heterocycles. The Bertz CT molecular complexity index is 470. The first kappa shape index (κ1) is 14.0. The van der Waals surface area contributed by atoms with Crippen LogP contribution in [0.15, 0.2) is 35.6 Å². The maximum atomic E-state index is 12.0. The second-order valence-corrected chi connectivity index (χ2v) is 3.46. The molecule has 7 heteroatoms. The number of nitrogens with one attached hydrogen (secondary N) is 1. The van der Waals surface area contributed by atoms with E-state index in [1.165, 1.54) is 18.2 Å². The van der Waals surface area contributed by atoms with Crippen LogP contribution in [0.1, 0.15) is 6.42 Å². The Morgan fingerprint density at radius 1 is 1.50 bits per heavy atom. The number of amides is 1. The van der Waals surface area contributed by atoms with Crippen LogP contribution in [-0.4, -0.2) is 23.3 Å². The van der Waals surface area contributed by atoms with Crippen molar-refractivity contribution in [3.8, 4) is 6.07 Å². The van der Waals surface area contributed by atoms with Gasteiger partial charge in [0.2, 0.25) is 0 Å². The van der Waals surface area contributed by atoms with E-state index < -0.39 is 18.2 Å².